The molecule has 1 rings (SSSR count). The molecular weight excluding hydrogens is 212 g/mol. The molecule has 0 aliphatic rings. The SMILES string of the molecule is Cc1cc(F)c(C(C)N[C@H](C)CO)cc1F. The van der Waals surface area contributed by atoms with E-state index in [1.165, 1.54) is 19.1 Å². The van der Waals surface area contributed by atoms with E-state index in [1.807, 2.05) is 0 Å². The van der Waals surface area contributed by atoms with Crippen LogP contribution in [0, 0.1) is 18.6 Å². The highest BCUT2D eigenvalue weighted by molar-refractivity contribution is 5.27. The summed E-state index contributed by atoms with van der Waals surface area (Å²) in [5, 5.41) is 11.8. The third kappa shape index (κ3) is 3.00. The van der Waals surface area contributed by atoms with Crippen molar-refractivity contribution in [1.29, 1.82) is 0 Å². The van der Waals surface area contributed by atoms with Gasteiger partial charge in [0.1, 0.15) is 11.6 Å². The third-order valence-electron chi connectivity index (χ3n) is 2.55. The van der Waals surface area contributed by atoms with E-state index in [0.29, 0.717) is 5.56 Å². The normalized spacial score (nSPS) is 14.9. The van der Waals surface area contributed by atoms with Gasteiger partial charge in [-0.25, -0.2) is 8.78 Å². The zero-order chi connectivity index (χ0) is 12.3. The van der Waals surface area contributed by atoms with Crippen LogP contribution < -0.4 is 5.32 Å². The maximum Gasteiger partial charge on any atom is 0.128 e. The molecule has 0 saturated carbocycles. The molecule has 90 valence electrons. The zero-order valence-electron chi connectivity index (χ0n) is 9.72. The summed E-state index contributed by atoms with van der Waals surface area (Å²) in [6, 6.07) is 1.90. The van der Waals surface area contributed by atoms with Gasteiger partial charge in [-0.1, -0.05) is 0 Å². The second-order valence-electron chi connectivity index (χ2n) is 4.09. The molecule has 0 bridgehead atoms. The zero-order valence-corrected chi connectivity index (χ0v) is 9.72. The van der Waals surface area contributed by atoms with Crippen molar-refractivity contribution < 1.29 is 13.9 Å². The number of halogens is 2. The molecule has 0 aliphatic heterocycles. The lowest BCUT2D eigenvalue weighted by Crippen LogP contribution is -2.32. The molecule has 0 heterocycles. The van der Waals surface area contributed by atoms with E-state index in [1.54, 1.807) is 13.8 Å². The summed E-state index contributed by atoms with van der Waals surface area (Å²) in [6.45, 7) is 5.00. The van der Waals surface area contributed by atoms with Gasteiger partial charge in [-0.15, -0.1) is 0 Å². The molecule has 0 saturated heterocycles. The number of benzene rings is 1. The Balaban J connectivity index is 2.91. The van der Waals surface area contributed by atoms with Crippen LogP contribution in [0.5, 0.6) is 0 Å². The van der Waals surface area contributed by atoms with E-state index in [9.17, 15) is 8.78 Å². The van der Waals surface area contributed by atoms with Crippen LogP contribution >= 0.6 is 0 Å². The Bertz CT molecular complexity index is 368. The van der Waals surface area contributed by atoms with Crippen LogP contribution in [0.1, 0.15) is 31.0 Å². The molecule has 0 fully saturated rings. The van der Waals surface area contributed by atoms with Crippen molar-refractivity contribution >= 4 is 0 Å². The lowest BCUT2D eigenvalue weighted by molar-refractivity contribution is 0.242. The van der Waals surface area contributed by atoms with Gasteiger partial charge >= 0.3 is 0 Å². The molecule has 2 nitrogen and oxygen atoms in total. The Kier molecular flexibility index (Phi) is 4.38. The Morgan fingerprint density at radius 3 is 2.44 bits per heavy atom. The average molecular weight is 229 g/mol. The molecule has 16 heavy (non-hydrogen) atoms. The second kappa shape index (κ2) is 5.37. The molecule has 0 aliphatic carbocycles. The summed E-state index contributed by atoms with van der Waals surface area (Å²) in [4.78, 5) is 0. The van der Waals surface area contributed by atoms with Gasteiger partial charge < -0.3 is 10.4 Å². The van der Waals surface area contributed by atoms with Crippen molar-refractivity contribution in [3.63, 3.8) is 0 Å². The topological polar surface area (TPSA) is 32.3 Å². The molecule has 1 aromatic rings. The predicted molar refractivity (Wildman–Crippen MR) is 59.2 cm³/mol. The van der Waals surface area contributed by atoms with Crippen molar-refractivity contribution in [2.24, 2.45) is 0 Å². The number of aryl methyl sites for hydroxylation is 1. The van der Waals surface area contributed by atoms with Gasteiger partial charge in [-0.3, -0.25) is 0 Å². The van der Waals surface area contributed by atoms with Crippen molar-refractivity contribution in [3.8, 4) is 0 Å². The van der Waals surface area contributed by atoms with Crippen LogP contribution in [-0.4, -0.2) is 17.8 Å². The van der Waals surface area contributed by atoms with Gasteiger partial charge in [0.25, 0.3) is 0 Å². The van der Waals surface area contributed by atoms with E-state index in [2.05, 4.69) is 5.32 Å². The molecule has 1 aromatic carbocycles. The van der Waals surface area contributed by atoms with E-state index in [0.717, 1.165) is 0 Å². The summed E-state index contributed by atoms with van der Waals surface area (Å²) < 4.78 is 26.9. The van der Waals surface area contributed by atoms with Crippen LogP contribution in [0.25, 0.3) is 0 Å². The van der Waals surface area contributed by atoms with Crippen LogP contribution in [0.15, 0.2) is 12.1 Å². The fourth-order valence-electron chi connectivity index (χ4n) is 1.56. The Labute approximate surface area is 94.3 Å². The maximum atomic E-state index is 13.6. The van der Waals surface area contributed by atoms with E-state index < -0.39 is 11.6 Å². The molecule has 1 unspecified atom stereocenters. The summed E-state index contributed by atoms with van der Waals surface area (Å²) in [7, 11) is 0. The predicted octanol–water partition coefficient (Wildman–Crippen LogP) is 2.30. The van der Waals surface area contributed by atoms with E-state index >= 15 is 0 Å². The Hall–Kier alpha value is -1.00. The highest BCUT2D eigenvalue weighted by Gasteiger charge is 2.15. The van der Waals surface area contributed by atoms with Crippen molar-refractivity contribution in [2.75, 3.05) is 6.61 Å². The number of aliphatic hydroxyl groups is 1. The van der Waals surface area contributed by atoms with Crippen molar-refractivity contribution in [1.82, 2.24) is 5.32 Å². The van der Waals surface area contributed by atoms with Crippen LogP contribution in [0.3, 0.4) is 0 Å². The molecule has 0 amide bonds. The number of nitrogens with one attached hydrogen (secondary N) is 1. The van der Waals surface area contributed by atoms with Gasteiger partial charge in [0.2, 0.25) is 0 Å². The lowest BCUT2D eigenvalue weighted by atomic mass is 10.0. The minimum absolute atomic E-state index is 0.0414. The first-order valence-corrected chi connectivity index (χ1v) is 5.28. The molecule has 4 heteroatoms. The van der Waals surface area contributed by atoms with Gasteiger partial charge in [-0.05, 0) is 38.5 Å². The van der Waals surface area contributed by atoms with Crippen LogP contribution in [0.2, 0.25) is 0 Å². The van der Waals surface area contributed by atoms with Gasteiger partial charge in [-0.2, -0.15) is 0 Å². The smallest absolute Gasteiger partial charge is 0.128 e. The van der Waals surface area contributed by atoms with Gasteiger partial charge in [0.05, 0.1) is 6.61 Å². The summed E-state index contributed by atoms with van der Waals surface area (Å²) in [5.41, 5.74) is 0.576. The van der Waals surface area contributed by atoms with Crippen LogP contribution in [0.4, 0.5) is 8.78 Å². The standard InChI is InChI=1S/C12H17F2NO/c1-7-4-12(14)10(5-11(7)13)9(3)15-8(2)6-16/h4-5,8-9,15-16H,6H2,1-3H3/t8-,9?/m1/s1. The Morgan fingerprint density at radius 2 is 1.88 bits per heavy atom. The summed E-state index contributed by atoms with van der Waals surface area (Å²) in [6.07, 6.45) is 0. The fourth-order valence-corrected chi connectivity index (χ4v) is 1.56. The quantitative estimate of drug-likeness (QED) is 0.830. The first kappa shape index (κ1) is 13.1. The first-order valence-electron chi connectivity index (χ1n) is 5.28. The molecular formula is C12H17F2NO. The maximum absolute atomic E-state index is 13.6. The number of rotatable bonds is 4. The highest BCUT2D eigenvalue weighted by Crippen LogP contribution is 2.20. The van der Waals surface area contributed by atoms with E-state index in [4.69, 9.17) is 5.11 Å². The minimum atomic E-state index is -0.427. The summed E-state index contributed by atoms with van der Waals surface area (Å²) >= 11 is 0. The molecule has 0 aromatic heterocycles. The number of hydrogen-bond acceptors (Lipinski definition) is 2. The van der Waals surface area contributed by atoms with Crippen molar-refractivity contribution in [3.05, 3.63) is 34.9 Å². The van der Waals surface area contributed by atoms with Gasteiger partial charge in [0.15, 0.2) is 0 Å². The molecule has 0 radical (unpaired) electrons. The highest BCUT2D eigenvalue weighted by atomic mass is 19.1. The number of hydrogen-bond donors (Lipinski definition) is 2. The monoisotopic (exact) mass is 229 g/mol. The molecule has 2 atom stereocenters. The fraction of sp³-hybridized carbons (Fsp3) is 0.500. The minimum Gasteiger partial charge on any atom is -0.395 e. The largest absolute Gasteiger partial charge is 0.395 e. The Morgan fingerprint density at radius 1 is 1.25 bits per heavy atom. The van der Waals surface area contributed by atoms with E-state index in [-0.39, 0.29) is 24.3 Å². The molecule has 0 spiro atoms. The number of aliphatic hydroxyl groups excluding tert-OH is 1. The lowest BCUT2D eigenvalue weighted by Gasteiger charge is -2.19. The first-order chi connectivity index (χ1) is 7.45. The molecule has 2 N–H and O–H groups in total. The average Bonchev–Trinajstić information content (AvgIpc) is 2.23. The van der Waals surface area contributed by atoms with Gasteiger partial charge in [0, 0.05) is 17.6 Å². The van der Waals surface area contributed by atoms with Crippen LogP contribution in [-0.2, 0) is 0 Å². The third-order valence-corrected chi connectivity index (χ3v) is 2.55. The summed E-state index contributed by atoms with van der Waals surface area (Å²) in [5.74, 6) is -0.842. The second-order valence-corrected chi connectivity index (χ2v) is 4.09. The van der Waals surface area contributed by atoms with Crippen molar-refractivity contribution in [2.45, 2.75) is 32.9 Å².